The van der Waals surface area contributed by atoms with Crippen molar-refractivity contribution >= 4 is 35.0 Å². The minimum Gasteiger partial charge on any atom is -0.387 e. The van der Waals surface area contributed by atoms with E-state index in [2.05, 4.69) is 0 Å². The van der Waals surface area contributed by atoms with Crippen LogP contribution in [0.5, 0.6) is 0 Å². The minimum absolute atomic E-state index is 0.431. The van der Waals surface area contributed by atoms with E-state index in [4.69, 9.17) is 23.2 Å². The summed E-state index contributed by atoms with van der Waals surface area (Å²) in [5.41, 5.74) is 0.674. The second-order valence-corrected chi connectivity index (χ2v) is 5.66. The summed E-state index contributed by atoms with van der Waals surface area (Å²) in [6.45, 7) is 0. The molecule has 0 spiro atoms. The van der Waals surface area contributed by atoms with Crippen LogP contribution in [-0.2, 0) is 0 Å². The van der Waals surface area contributed by atoms with Gasteiger partial charge >= 0.3 is 0 Å². The number of rotatable bonds is 4. The highest BCUT2D eigenvalue weighted by atomic mass is 35.5. The fraction of sp³-hybridized carbons (Fsp3) is 0.143. The standard InChI is InChI=1S/C14H12Cl2OS/c15-12-8-4-7-11(14(12)16)13(17)9-18-10-5-2-1-3-6-10/h1-8,13,17H,9H2. The van der Waals surface area contributed by atoms with E-state index in [1.165, 1.54) is 0 Å². The fourth-order valence-corrected chi connectivity index (χ4v) is 2.87. The summed E-state index contributed by atoms with van der Waals surface area (Å²) in [7, 11) is 0. The molecule has 0 amide bonds. The van der Waals surface area contributed by atoms with Gasteiger partial charge < -0.3 is 5.11 Å². The van der Waals surface area contributed by atoms with Crippen molar-refractivity contribution in [2.45, 2.75) is 11.0 Å². The zero-order chi connectivity index (χ0) is 13.0. The highest BCUT2D eigenvalue weighted by molar-refractivity contribution is 7.99. The molecule has 2 aromatic rings. The molecule has 1 N–H and O–H groups in total. The lowest BCUT2D eigenvalue weighted by Gasteiger charge is -2.13. The van der Waals surface area contributed by atoms with E-state index < -0.39 is 6.10 Å². The molecule has 94 valence electrons. The largest absolute Gasteiger partial charge is 0.387 e. The van der Waals surface area contributed by atoms with Crippen molar-refractivity contribution in [2.24, 2.45) is 0 Å². The van der Waals surface area contributed by atoms with Crippen molar-refractivity contribution in [1.82, 2.24) is 0 Å². The minimum atomic E-state index is -0.624. The Kier molecular flexibility index (Phi) is 4.95. The number of hydrogen-bond donors (Lipinski definition) is 1. The summed E-state index contributed by atoms with van der Waals surface area (Å²) in [6, 6.07) is 15.2. The maximum atomic E-state index is 10.1. The predicted octanol–water partition coefficient (Wildman–Crippen LogP) is 4.82. The van der Waals surface area contributed by atoms with Crippen LogP contribution in [0.4, 0.5) is 0 Å². The molecule has 0 saturated heterocycles. The van der Waals surface area contributed by atoms with Crippen LogP contribution in [0.25, 0.3) is 0 Å². The molecule has 0 bridgehead atoms. The van der Waals surface area contributed by atoms with E-state index >= 15 is 0 Å². The van der Waals surface area contributed by atoms with Gasteiger partial charge in [0.1, 0.15) is 0 Å². The summed E-state index contributed by atoms with van der Waals surface area (Å²) in [4.78, 5) is 1.12. The third-order valence-electron chi connectivity index (χ3n) is 2.49. The summed E-state index contributed by atoms with van der Waals surface area (Å²) < 4.78 is 0. The first-order valence-electron chi connectivity index (χ1n) is 5.48. The first-order chi connectivity index (χ1) is 8.68. The second-order valence-electron chi connectivity index (χ2n) is 3.78. The molecular formula is C14H12Cl2OS. The summed E-state index contributed by atoms with van der Waals surface area (Å²) in [5, 5.41) is 11.0. The van der Waals surface area contributed by atoms with Crippen LogP contribution in [0.1, 0.15) is 11.7 Å². The zero-order valence-electron chi connectivity index (χ0n) is 9.51. The van der Waals surface area contributed by atoms with Crippen molar-refractivity contribution in [3.8, 4) is 0 Å². The van der Waals surface area contributed by atoms with Gasteiger partial charge in [0.05, 0.1) is 16.1 Å². The van der Waals surface area contributed by atoms with Gasteiger partial charge in [0.15, 0.2) is 0 Å². The van der Waals surface area contributed by atoms with Crippen LogP contribution in [0.2, 0.25) is 10.0 Å². The quantitative estimate of drug-likeness (QED) is 0.817. The Labute approximate surface area is 121 Å². The highest BCUT2D eigenvalue weighted by Gasteiger charge is 2.13. The van der Waals surface area contributed by atoms with E-state index in [1.807, 2.05) is 30.3 Å². The molecule has 1 unspecified atom stereocenters. The molecule has 0 saturated carbocycles. The van der Waals surface area contributed by atoms with E-state index in [1.54, 1.807) is 30.0 Å². The summed E-state index contributed by atoms with van der Waals surface area (Å²) >= 11 is 13.6. The van der Waals surface area contributed by atoms with Gasteiger partial charge in [0.2, 0.25) is 0 Å². The maximum absolute atomic E-state index is 10.1. The van der Waals surface area contributed by atoms with Gasteiger partial charge in [-0.15, -0.1) is 11.8 Å². The number of aliphatic hydroxyl groups excluding tert-OH is 1. The second kappa shape index (κ2) is 6.48. The Hall–Kier alpha value is -0.670. The van der Waals surface area contributed by atoms with Gasteiger partial charge in [0.25, 0.3) is 0 Å². The third-order valence-corrected chi connectivity index (χ3v) is 4.41. The lowest BCUT2D eigenvalue weighted by Crippen LogP contribution is -2.01. The average molecular weight is 299 g/mol. The number of aliphatic hydroxyl groups is 1. The summed E-state index contributed by atoms with van der Waals surface area (Å²) in [5.74, 6) is 0.546. The topological polar surface area (TPSA) is 20.2 Å². The number of benzene rings is 2. The van der Waals surface area contributed by atoms with Gasteiger partial charge in [-0.05, 0) is 18.2 Å². The van der Waals surface area contributed by atoms with E-state index in [0.717, 1.165) is 4.90 Å². The molecule has 0 aliphatic carbocycles. The molecule has 0 radical (unpaired) electrons. The van der Waals surface area contributed by atoms with Crippen molar-refractivity contribution in [3.05, 3.63) is 64.1 Å². The monoisotopic (exact) mass is 298 g/mol. The van der Waals surface area contributed by atoms with Crippen LogP contribution in [0.15, 0.2) is 53.4 Å². The number of thioether (sulfide) groups is 1. The van der Waals surface area contributed by atoms with Crippen LogP contribution < -0.4 is 0 Å². The third kappa shape index (κ3) is 3.42. The molecule has 2 aromatic carbocycles. The molecule has 0 aromatic heterocycles. The predicted molar refractivity (Wildman–Crippen MR) is 78.6 cm³/mol. The molecule has 0 heterocycles. The first kappa shape index (κ1) is 13.8. The van der Waals surface area contributed by atoms with Crippen LogP contribution >= 0.6 is 35.0 Å². The Bertz CT molecular complexity index is 516. The molecule has 1 nitrogen and oxygen atoms in total. The van der Waals surface area contributed by atoms with Crippen LogP contribution in [0, 0.1) is 0 Å². The average Bonchev–Trinajstić information content (AvgIpc) is 2.40. The molecule has 2 rings (SSSR count). The Morgan fingerprint density at radius 1 is 1.00 bits per heavy atom. The SMILES string of the molecule is OC(CSc1ccccc1)c1cccc(Cl)c1Cl. The maximum Gasteiger partial charge on any atom is 0.0898 e. The zero-order valence-corrected chi connectivity index (χ0v) is 11.8. The van der Waals surface area contributed by atoms with Gasteiger partial charge in [-0.3, -0.25) is 0 Å². The van der Waals surface area contributed by atoms with Gasteiger partial charge in [-0.2, -0.15) is 0 Å². The summed E-state index contributed by atoms with van der Waals surface area (Å²) in [6.07, 6.45) is -0.624. The smallest absolute Gasteiger partial charge is 0.0898 e. The molecule has 1 atom stereocenters. The molecule has 0 aliphatic rings. The van der Waals surface area contributed by atoms with Crippen molar-refractivity contribution < 1.29 is 5.11 Å². The lowest BCUT2D eigenvalue weighted by atomic mass is 10.1. The van der Waals surface area contributed by atoms with E-state index in [0.29, 0.717) is 21.4 Å². The van der Waals surface area contributed by atoms with Crippen molar-refractivity contribution in [2.75, 3.05) is 5.75 Å². The highest BCUT2D eigenvalue weighted by Crippen LogP contribution is 2.32. The molecule has 18 heavy (non-hydrogen) atoms. The Morgan fingerprint density at radius 3 is 2.44 bits per heavy atom. The van der Waals surface area contributed by atoms with Crippen LogP contribution in [-0.4, -0.2) is 10.9 Å². The van der Waals surface area contributed by atoms with Crippen molar-refractivity contribution in [1.29, 1.82) is 0 Å². The van der Waals surface area contributed by atoms with E-state index in [-0.39, 0.29) is 0 Å². The van der Waals surface area contributed by atoms with E-state index in [9.17, 15) is 5.11 Å². The van der Waals surface area contributed by atoms with Gasteiger partial charge in [-0.1, -0.05) is 53.5 Å². The lowest BCUT2D eigenvalue weighted by molar-refractivity contribution is 0.204. The van der Waals surface area contributed by atoms with Crippen LogP contribution in [0.3, 0.4) is 0 Å². The molecule has 0 fully saturated rings. The Balaban J connectivity index is 2.04. The van der Waals surface area contributed by atoms with Gasteiger partial charge in [0, 0.05) is 16.2 Å². The van der Waals surface area contributed by atoms with Crippen molar-refractivity contribution in [3.63, 3.8) is 0 Å². The molecular weight excluding hydrogens is 287 g/mol. The fourth-order valence-electron chi connectivity index (χ4n) is 1.56. The molecule has 4 heteroatoms. The molecule has 0 aliphatic heterocycles. The first-order valence-corrected chi connectivity index (χ1v) is 7.22. The number of halogens is 2. The normalized spacial score (nSPS) is 12.4. The Morgan fingerprint density at radius 2 is 1.72 bits per heavy atom. The number of hydrogen-bond acceptors (Lipinski definition) is 2. The van der Waals surface area contributed by atoms with Gasteiger partial charge in [-0.25, -0.2) is 0 Å².